The lowest BCUT2D eigenvalue weighted by molar-refractivity contribution is 0.0696. The summed E-state index contributed by atoms with van der Waals surface area (Å²) in [5.74, 6) is -1.15. The molecular formula is C14H19NO5S. The summed E-state index contributed by atoms with van der Waals surface area (Å²) in [6.07, 6.45) is 2.36. The van der Waals surface area contributed by atoms with Crippen LogP contribution in [-0.2, 0) is 10.0 Å². The number of carbonyl (C=O) groups is 1. The van der Waals surface area contributed by atoms with Gasteiger partial charge in [-0.25, -0.2) is 17.9 Å². The molecule has 3 N–H and O–H groups in total. The van der Waals surface area contributed by atoms with Crippen LogP contribution in [0.4, 0.5) is 0 Å². The third-order valence-corrected chi connectivity index (χ3v) is 5.39. The quantitative estimate of drug-likeness (QED) is 0.700. The van der Waals surface area contributed by atoms with E-state index in [1.165, 1.54) is 18.2 Å². The van der Waals surface area contributed by atoms with E-state index in [4.69, 9.17) is 10.2 Å². The van der Waals surface area contributed by atoms with Crippen LogP contribution in [0.5, 0.6) is 0 Å². The summed E-state index contributed by atoms with van der Waals surface area (Å²) < 4.78 is 27.0. The Morgan fingerprint density at radius 3 is 2.57 bits per heavy atom. The van der Waals surface area contributed by atoms with Crippen molar-refractivity contribution in [3.63, 3.8) is 0 Å². The Labute approximate surface area is 123 Å². The van der Waals surface area contributed by atoms with Crippen molar-refractivity contribution >= 4 is 16.0 Å². The van der Waals surface area contributed by atoms with E-state index in [1.807, 2.05) is 0 Å². The summed E-state index contributed by atoms with van der Waals surface area (Å²) in [6.45, 7) is 1.93. The number of hydrogen-bond acceptors (Lipinski definition) is 4. The number of aromatic carboxylic acids is 1. The van der Waals surface area contributed by atoms with E-state index in [1.54, 1.807) is 6.92 Å². The van der Waals surface area contributed by atoms with Gasteiger partial charge in [-0.15, -0.1) is 0 Å². The third kappa shape index (κ3) is 3.61. The number of carboxylic acids is 1. The molecule has 0 unspecified atom stereocenters. The van der Waals surface area contributed by atoms with Crippen molar-refractivity contribution in [1.82, 2.24) is 4.72 Å². The van der Waals surface area contributed by atoms with Gasteiger partial charge in [0.2, 0.25) is 10.0 Å². The van der Waals surface area contributed by atoms with Gasteiger partial charge in [0.1, 0.15) is 0 Å². The highest BCUT2D eigenvalue weighted by atomic mass is 32.2. The van der Waals surface area contributed by atoms with Crippen LogP contribution in [0.2, 0.25) is 0 Å². The Hall–Kier alpha value is -1.44. The number of carboxylic acid groups (broad SMARTS) is 1. The summed E-state index contributed by atoms with van der Waals surface area (Å²) in [5.41, 5.74) is 0.358. The van der Waals surface area contributed by atoms with Crippen molar-refractivity contribution in [2.24, 2.45) is 5.41 Å². The minimum absolute atomic E-state index is 0.0191. The molecule has 21 heavy (non-hydrogen) atoms. The monoisotopic (exact) mass is 313 g/mol. The molecule has 0 saturated heterocycles. The maximum atomic E-state index is 12.2. The first-order chi connectivity index (χ1) is 9.80. The minimum Gasteiger partial charge on any atom is -0.478 e. The highest BCUT2D eigenvalue weighted by molar-refractivity contribution is 7.89. The third-order valence-electron chi connectivity index (χ3n) is 3.99. The Kier molecular flexibility index (Phi) is 4.36. The average Bonchev–Trinajstić information content (AvgIpc) is 3.17. The molecule has 116 valence electrons. The molecule has 0 aliphatic heterocycles. The molecule has 1 aromatic carbocycles. The topological polar surface area (TPSA) is 104 Å². The van der Waals surface area contributed by atoms with Crippen molar-refractivity contribution in [1.29, 1.82) is 0 Å². The zero-order chi connectivity index (χ0) is 15.7. The second-order valence-corrected chi connectivity index (χ2v) is 7.35. The SMILES string of the molecule is Cc1ccc(S(=O)(=O)NCC2(CCO)CC2)cc1C(=O)O. The molecule has 0 radical (unpaired) electrons. The highest BCUT2D eigenvalue weighted by Crippen LogP contribution is 2.48. The molecule has 0 heterocycles. The summed E-state index contributed by atoms with van der Waals surface area (Å²) in [6, 6.07) is 4.06. The second-order valence-electron chi connectivity index (χ2n) is 5.58. The predicted molar refractivity (Wildman–Crippen MR) is 76.7 cm³/mol. The van der Waals surface area contributed by atoms with Crippen LogP contribution in [0, 0.1) is 12.3 Å². The van der Waals surface area contributed by atoms with Crippen LogP contribution in [0.25, 0.3) is 0 Å². The van der Waals surface area contributed by atoms with Gasteiger partial charge in [-0.05, 0) is 49.3 Å². The number of hydrogen-bond donors (Lipinski definition) is 3. The van der Waals surface area contributed by atoms with Crippen molar-refractivity contribution < 1.29 is 23.4 Å². The summed E-state index contributed by atoms with van der Waals surface area (Å²) in [4.78, 5) is 11.0. The van der Waals surface area contributed by atoms with Gasteiger partial charge in [-0.3, -0.25) is 0 Å². The molecular weight excluding hydrogens is 294 g/mol. The van der Waals surface area contributed by atoms with Gasteiger partial charge in [0.15, 0.2) is 0 Å². The van der Waals surface area contributed by atoms with E-state index in [0.717, 1.165) is 12.8 Å². The van der Waals surface area contributed by atoms with Crippen molar-refractivity contribution in [3.8, 4) is 0 Å². The summed E-state index contributed by atoms with van der Waals surface area (Å²) in [7, 11) is -3.74. The zero-order valence-corrected chi connectivity index (χ0v) is 12.6. The molecule has 1 aromatic rings. The van der Waals surface area contributed by atoms with Crippen LogP contribution < -0.4 is 4.72 Å². The molecule has 1 aliphatic rings. The fraction of sp³-hybridized carbons (Fsp3) is 0.500. The Morgan fingerprint density at radius 2 is 2.05 bits per heavy atom. The first kappa shape index (κ1) is 15.9. The van der Waals surface area contributed by atoms with E-state index in [0.29, 0.717) is 12.0 Å². The number of aryl methyl sites for hydroxylation is 1. The molecule has 6 nitrogen and oxygen atoms in total. The van der Waals surface area contributed by atoms with E-state index >= 15 is 0 Å². The van der Waals surface area contributed by atoms with E-state index < -0.39 is 16.0 Å². The fourth-order valence-electron chi connectivity index (χ4n) is 2.26. The molecule has 2 rings (SSSR count). The van der Waals surface area contributed by atoms with Gasteiger partial charge in [0, 0.05) is 13.2 Å². The Balaban J connectivity index is 2.16. The maximum absolute atomic E-state index is 12.2. The Morgan fingerprint density at radius 1 is 1.38 bits per heavy atom. The lowest BCUT2D eigenvalue weighted by Gasteiger charge is -2.15. The smallest absolute Gasteiger partial charge is 0.335 e. The van der Waals surface area contributed by atoms with Crippen LogP contribution in [0.3, 0.4) is 0 Å². The molecule has 7 heteroatoms. The van der Waals surface area contributed by atoms with Crippen LogP contribution in [0.1, 0.15) is 35.2 Å². The number of aliphatic hydroxyl groups excluding tert-OH is 1. The van der Waals surface area contributed by atoms with Gasteiger partial charge in [-0.2, -0.15) is 0 Å². The molecule has 1 saturated carbocycles. The second kappa shape index (κ2) is 5.75. The number of rotatable bonds is 7. The maximum Gasteiger partial charge on any atom is 0.335 e. The molecule has 1 aliphatic carbocycles. The normalized spacial score (nSPS) is 16.7. The van der Waals surface area contributed by atoms with Gasteiger partial charge in [-0.1, -0.05) is 6.07 Å². The van der Waals surface area contributed by atoms with Crippen LogP contribution in [0.15, 0.2) is 23.1 Å². The van der Waals surface area contributed by atoms with E-state index in [2.05, 4.69) is 4.72 Å². The van der Waals surface area contributed by atoms with Crippen molar-refractivity contribution in [3.05, 3.63) is 29.3 Å². The van der Waals surface area contributed by atoms with Crippen LogP contribution in [-0.4, -0.2) is 37.8 Å². The number of sulfonamides is 1. The molecule has 0 amide bonds. The lowest BCUT2D eigenvalue weighted by Crippen LogP contribution is -2.31. The Bertz CT molecular complexity index is 649. The van der Waals surface area contributed by atoms with Crippen molar-refractivity contribution in [2.45, 2.75) is 31.1 Å². The van der Waals surface area contributed by atoms with E-state index in [-0.39, 0.29) is 29.0 Å². The molecule has 0 spiro atoms. The first-order valence-electron chi connectivity index (χ1n) is 6.74. The molecule has 0 aromatic heterocycles. The molecule has 0 bridgehead atoms. The van der Waals surface area contributed by atoms with Gasteiger partial charge < -0.3 is 10.2 Å². The predicted octanol–water partition coefficient (Wildman–Crippen LogP) is 1.13. The standard InChI is InChI=1S/C14H19NO5S/c1-10-2-3-11(8-12(10)13(17)18)21(19,20)15-9-14(4-5-14)6-7-16/h2-3,8,15-16H,4-7,9H2,1H3,(H,17,18). The fourth-order valence-corrected chi connectivity index (χ4v) is 3.44. The average molecular weight is 313 g/mol. The molecule has 1 fully saturated rings. The van der Waals surface area contributed by atoms with E-state index in [9.17, 15) is 13.2 Å². The first-order valence-corrected chi connectivity index (χ1v) is 8.22. The van der Waals surface area contributed by atoms with Gasteiger partial charge >= 0.3 is 5.97 Å². The number of benzene rings is 1. The minimum atomic E-state index is -3.74. The highest BCUT2D eigenvalue weighted by Gasteiger charge is 2.42. The van der Waals surface area contributed by atoms with Crippen LogP contribution >= 0.6 is 0 Å². The summed E-state index contributed by atoms with van der Waals surface area (Å²) >= 11 is 0. The largest absolute Gasteiger partial charge is 0.478 e. The van der Waals surface area contributed by atoms with Gasteiger partial charge in [0.25, 0.3) is 0 Å². The zero-order valence-electron chi connectivity index (χ0n) is 11.8. The number of aliphatic hydroxyl groups is 1. The number of nitrogens with one attached hydrogen (secondary N) is 1. The molecule has 0 atom stereocenters. The van der Waals surface area contributed by atoms with Gasteiger partial charge in [0.05, 0.1) is 10.5 Å². The summed E-state index contributed by atoms with van der Waals surface area (Å²) in [5, 5.41) is 18.0. The lowest BCUT2D eigenvalue weighted by atomic mass is 10.0. The van der Waals surface area contributed by atoms with Crippen molar-refractivity contribution in [2.75, 3.05) is 13.2 Å².